The zero-order valence-corrected chi connectivity index (χ0v) is 18.5. The lowest BCUT2D eigenvalue weighted by Gasteiger charge is -2.19. The Kier molecular flexibility index (Phi) is 7.15. The van der Waals surface area contributed by atoms with Crippen molar-refractivity contribution in [3.8, 4) is 5.75 Å². The van der Waals surface area contributed by atoms with Crippen molar-refractivity contribution in [2.75, 3.05) is 19.0 Å². The summed E-state index contributed by atoms with van der Waals surface area (Å²) >= 11 is 1.36. The van der Waals surface area contributed by atoms with Crippen LogP contribution in [0.15, 0.2) is 53.5 Å². The maximum absolute atomic E-state index is 13.1. The maximum atomic E-state index is 13.1. The summed E-state index contributed by atoms with van der Waals surface area (Å²) in [5.41, 5.74) is 2.47. The smallest absolute Gasteiger partial charge is 0.242 e. The molecule has 158 valence electrons. The van der Waals surface area contributed by atoms with E-state index in [2.05, 4.69) is 19.2 Å². The average Bonchev–Trinajstić information content (AvgIpc) is 2.98. The second-order valence-corrected chi connectivity index (χ2v) is 8.75. The van der Waals surface area contributed by atoms with Gasteiger partial charge in [0.1, 0.15) is 11.0 Å². The number of methoxy groups -OCH3 is 1. The van der Waals surface area contributed by atoms with Gasteiger partial charge in [-0.15, -0.1) is 0 Å². The van der Waals surface area contributed by atoms with Crippen molar-refractivity contribution in [1.82, 2.24) is 4.90 Å². The molecule has 7 heteroatoms. The maximum Gasteiger partial charge on any atom is 0.242 e. The predicted octanol–water partition coefficient (Wildman–Crippen LogP) is 4.62. The van der Waals surface area contributed by atoms with Crippen LogP contribution in [0.25, 0.3) is 0 Å². The summed E-state index contributed by atoms with van der Waals surface area (Å²) in [6.07, 6.45) is 0.0724. The first-order valence-corrected chi connectivity index (χ1v) is 10.8. The van der Waals surface area contributed by atoms with Crippen LogP contribution in [0.1, 0.15) is 25.8 Å². The number of anilines is 1. The highest BCUT2D eigenvalue weighted by Gasteiger charge is 2.39. The molecule has 2 amide bonds. The van der Waals surface area contributed by atoms with Crippen LogP contribution in [0.4, 0.5) is 11.4 Å². The minimum absolute atomic E-state index is 0.0724. The van der Waals surface area contributed by atoms with Crippen LogP contribution in [-0.4, -0.2) is 40.8 Å². The normalized spacial score (nSPS) is 17.6. The molecule has 1 aliphatic heterocycles. The molecule has 2 aromatic rings. The Labute approximate surface area is 181 Å². The lowest BCUT2D eigenvalue weighted by Crippen LogP contribution is -2.36. The van der Waals surface area contributed by atoms with Crippen LogP contribution in [-0.2, 0) is 9.59 Å². The number of hydrogen-bond acceptors (Lipinski definition) is 5. The quantitative estimate of drug-likeness (QED) is 0.703. The zero-order chi connectivity index (χ0) is 21.7. The monoisotopic (exact) mass is 425 g/mol. The molecule has 30 heavy (non-hydrogen) atoms. The highest BCUT2D eigenvalue weighted by atomic mass is 32.2. The Morgan fingerprint density at radius 2 is 1.90 bits per heavy atom. The van der Waals surface area contributed by atoms with E-state index in [9.17, 15) is 9.59 Å². The highest BCUT2D eigenvalue weighted by molar-refractivity contribution is 8.15. The van der Waals surface area contributed by atoms with Gasteiger partial charge in [-0.1, -0.05) is 55.9 Å². The Morgan fingerprint density at radius 1 is 1.20 bits per heavy atom. The summed E-state index contributed by atoms with van der Waals surface area (Å²) in [6.45, 7) is 6.68. The van der Waals surface area contributed by atoms with Crippen molar-refractivity contribution in [2.45, 2.75) is 32.4 Å². The summed E-state index contributed by atoms with van der Waals surface area (Å²) in [4.78, 5) is 32.2. The molecular formula is C23H27N3O3S. The number of amidine groups is 1. The number of aryl methyl sites for hydroxylation is 1. The SMILES string of the molecule is COc1ccccc1NC(=O)C[C@@H]1SC(=Nc2ccccc2C)N(CC(C)C)C1=O. The Morgan fingerprint density at radius 3 is 2.60 bits per heavy atom. The lowest BCUT2D eigenvalue weighted by molar-refractivity contribution is -0.128. The molecule has 0 spiro atoms. The number of carbonyl (C=O) groups is 2. The number of rotatable bonds is 7. The predicted molar refractivity (Wildman–Crippen MR) is 122 cm³/mol. The van der Waals surface area contributed by atoms with Crippen molar-refractivity contribution in [3.05, 3.63) is 54.1 Å². The van der Waals surface area contributed by atoms with Crippen molar-refractivity contribution in [2.24, 2.45) is 10.9 Å². The second kappa shape index (κ2) is 9.80. The minimum atomic E-state index is -0.499. The fourth-order valence-electron chi connectivity index (χ4n) is 3.17. The van der Waals surface area contributed by atoms with E-state index >= 15 is 0 Å². The largest absolute Gasteiger partial charge is 0.495 e. The van der Waals surface area contributed by atoms with Gasteiger partial charge in [-0.2, -0.15) is 0 Å². The number of thioether (sulfide) groups is 1. The van der Waals surface area contributed by atoms with Gasteiger partial charge in [0, 0.05) is 13.0 Å². The molecule has 6 nitrogen and oxygen atoms in total. The van der Waals surface area contributed by atoms with Gasteiger partial charge in [-0.05, 0) is 36.6 Å². The van der Waals surface area contributed by atoms with E-state index in [1.165, 1.54) is 11.8 Å². The third-order valence-electron chi connectivity index (χ3n) is 4.65. The molecule has 1 N–H and O–H groups in total. The van der Waals surface area contributed by atoms with Crippen LogP contribution >= 0.6 is 11.8 Å². The van der Waals surface area contributed by atoms with E-state index in [4.69, 9.17) is 9.73 Å². The number of nitrogens with zero attached hydrogens (tertiary/aromatic N) is 2. The number of carbonyl (C=O) groups excluding carboxylic acids is 2. The van der Waals surface area contributed by atoms with Crippen LogP contribution in [0.2, 0.25) is 0 Å². The van der Waals surface area contributed by atoms with Crippen molar-refractivity contribution < 1.29 is 14.3 Å². The summed E-state index contributed by atoms with van der Waals surface area (Å²) < 4.78 is 5.28. The molecule has 0 radical (unpaired) electrons. The van der Waals surface area contributed by atoms with E-state index in [1.54, 1.807) is 24.1 Å². The van der Waals surface area contributed by atoms with Gasteiger partial charge in [-0.3, -0.25) is 14.5 Å². The molecule has 0 aliphatic carbocycles. The van der Waals surface area contributed by atoms with Crippen LogP contribution in [0, 0.1) is 12.8 Å². The van der Waals surface area contributed by atoms with Gasteiger partial charge in [0.05, 0.1) is 18.5 Å². The molecule has 1 atom stereocenters. The van der Waals surface area contributed by atoms with Crippen molar-refractivity contribution in [3.63, 3.8) is 0 Å². The lowest BCUT2D eigenvalue weighted by atomic mass is 10.2. The first kappa shape index (κ1) is 21.9. The van der Waals surface area contributed by atoms with E-state index < -0.39 is 5.25 Å². The van der Waals surface area contributed by atoms with Crippen LogP contribution in [0.5, 0.6) is 5.75 Å². The second-order valence-electron chi connectivity index (χ2n) is 7.58. The van der Waals surface area contributed by atoms with E-state index in [0.717, 1.165) is 11.3 Å². The fraction of sp³-hybridized carbons (Fsp3) is 0.348. The van der Waals surface area contributed by atoms with E-state index in [0.29, 0.717) is 23.1 Å². The number of benzene rings is 2. The van der Waals surface area contributed by atoms with E-state index in [-0.39, 0.29) is 24.2 Å². The van der Waals surface area contributed by atoms with Gasteiger partial charge >= 0.3 is 0 Å². The van der Waals surface area contributed by atoms with Gasteiger partial charge < -0.3 is 10.1 Å². The number of nitrogens with one attached hydrogen (secondary N) is 1. The molecule has 0 aromatic heterocycles. The molecule has 1 aliphatic rings. The van der Waals surface area contributed by atoms with Crippen LogP contribution < -0.4 is 10.1 Å². The molecule has 1 fully saturated rings. The molecule has 3 rings (SSSR count). The summed E-state index contributed by atoms with van der Waals surface area (Å²) in [6, 6.07) is 15.0. The average molecular weight is 426 g/mol. The molecule has 1 saturated heterocycles. The number of hydrogen-bond donors (Lipinski definition) is 1. The summed E-state index contributed by atoms with van der Waals surface area (Å²) in [5, 5.41) is 3.00. The summed E-state index contributed by atoms with van der Waals surface area (Å²) in [7, 11) is 1.56. The third kappa shape index (κ3) is 5.21. The van der Waals surface area contributed by atoms with Gasteiger partial charge in [0.15, 0.2) is 5.17 Å². The molecule has 0 unspecified atom stereocenters. The first-order chi connectivity index (χ1) is 14.4. The Hall–Kier alpha value is -2.80. The number of amides is 2. The standard InChI is InChI=1S/C23H27N3O3S/c1-15(2)14-26-22(28)20(30-23(26)25-17-10-6-5-9-16(17)3)13-21(27)24-18-11-7-8-12-19(18)29-4/h5-12,15,20H,13-14H2,1-4H3,(H,24,27)/t20-/m0/s1. The molecule has 1 heterocycles. The third-order valence-corrected chi connectivity index (χ3v) is 5.83. The van der Waals surface area contributed by atoms with Crippen LogP contribution in [0.3, 0.4) is 0 Å². The number of aliphatic imine (C=N–C) groups is 1. The van der Waals surface area contributed by atoms with E-state index in [1.807, 2.05) is 43.3 Å². The molecular weight excluding hydrogens is 398 g/mol. The summed E-state index contributed by atoms with van der Waals surface area (Å²) in [5.74, 6) is 0.570. The number of ether oxygens (including phenoxy) is 1. The molecule has 2 aromatic carbocycles. The van der Waals surface area contributed by atoms with Crippen molar-refractivity contribution in [1.29, 1.82) is 0 Å². The number of para-hydroxylation sites is 3. The Bertz CT molecular complexity index is 958. The van der Waals surface area contributed by atoms with Gasteiger partial charge in [0.25, 0.3) is 0 Å². The zero-order valence-electron chi connectivity index (χ0n) is 17.7. The highest BCUT2D eigenvalue weighted by Crippen LogP contribution is 2.33. The van der Waals surface area contributed by atoms with Gasteiger partial charge in [-0.25, -0.2) is 4.99 Å². The molecule has 0 saturated carbocycles. The molecule has 0 bridgehead atoms. The van der Waals surface area contributed by atoms with Crippen molar-refractivity contribution >= 4 is 40.1 Å². The minimum Gasteiger partial charge on any atom is -0.495 e. The Balaban J connectivity index is 1.78. The first-order valence-electron chi connectivity index (χ1n) is 9.94. The topological polar surface area (TPSA) is 71.0 Å². The van der Waals surface area contributed by atoms with Gasteiger partial charge in [0.2, 0.25) is 11.8 Å². The fourth-order valence-corrected chi connectivity index (χ4v) is 4.33.